The lowest BCUT2D eigenvalue weighted by Crippen LogP contribution is -2.71. The number of fused-ring (bicyclic) bond motifs is 1. The predicted octanol–water partition coefficient (Wildman–Crippen LogP) is -1.82. The van der Waals surface area contributed by atoms with E-state index in [0.29, 0.717) is 22.9 Å². The van der Waals surface area contributed by atoms with Gasteiger partial charge in [-0.2, -0.15) is 9.36 Å². The van der Waals surface area contributed by atoms with Gasteiger partial charge in [-0.15, -0.1) is 11.8 Å². The number of carboxylic acid groups (broad SMARTS) is 1. The molecule has 0 aliphatic carbocycles. The number of carbonyl (C=O) groups is 3. The molecule has 1 fully saturated rings. The molecule has 0 aromatic carbocycles. The maximum Gasteiger partial charge on any atom is 0.429 e. The molecule has 0 bridgehead atoms. The van der Waals surface area contributed by atoms with Gasteiger partial charge in [-0.05, 0) is 6.92 Å². The zero-order valence-electron chi connectivity index (χ0n) is 20.3. The van der Waals surface area contributed by atoms with Crippen LogP contribution in [0.25, 0.3) is 0 Å². The summed E-state index contributed by atoms with van der Waals surface area (Å²) >= 11 is 1.84. The van der Waals surface area contributed by atoms with Gasteiger partial charge in [0.2, 0.25) is 16.7 Å². The first-order chi connectivity index (χ1) is 18.5. The number of nitrogens with zero attached hydrogens (tertiary/aromatic N) is 5. The summed E-state index contributed by atoms with van der Waals surface area (Å²) in [6, 6.07) is 2.33. The Balaban J connectivity index is 1.51. The maximum absolute atomic E-state index is 13.0. The van der Waals surface area contributed by atoms with Crippen molar-refractivity contribution in [3.05, 3.63) is 41.6 Å². The fourth-order valence-corrected chi connectivity index (χ4v) is 6.29. The van der Waals surface area contributed by atoms with Crippen LogP contribution >= 0.6 is 31.0 Å². The molecule has 2 aromatic rings. The third kappa shape index (κ3) is 6.36. The second-order valence-electron chi connectivity index (χ2n) is 7.95. The van der Waals surface area contributed by atoms with Crippen molar-refractivity contribution in [1.82, 2.24) is 19.6 Å². The molecule has 4 rings (SSSR count). The number of pyridine rings is 1. The van der Waals surface area contributed by atoms with E-state index in [9.17, 15) is 24.1 Å². The van der Waals surface area contributed by atoms with Crippen LogP contribution in [0.4, 0.5) is 5.13 Å². The van der Waals surface area contributed by atoms with Crippen molar-refractivity contribution >= 4 is 59.7 Å². The number of methoxy groups -OCH3 is 1. The monoisotopic (exact) mass is 599 g/mol. The Bertz CT molecular complexity index is 1390. The van der Waals surface area contributed by atoms with Gasteiger partial charge < -0.3 is 34.6 Å². The second kappa shape index (κ2) is 11.7. The number of rotatable bonds is 11. The van der Waals surface area contributed by atoms with E-state index in [2.05, 4.69) is 19.8 Å². The minimum absolute atomic E-state index is 0.0812. The minimum Gasteiger partial charge on any atom is -0.543 e. The van der Waals surface area contributed by atoms with Crippen molar-refractivity contribution in [2.75, 3.05) is 24.6 Å². The van der Waals surface area contributed by atoms with Crippen LogP contribution in [0.3, 0.4) is 0 Å². The first kappa shape index (κ1) is 28.4. The van der Waals surface area contributed by atoms with E-state index in [1.807, 2.05) is 5.09 Å². The zero-order valence-corrected chi connectivity index (χ0v) is 22.9. The van der Waals surface area contributed by atoms with Gasteiger partial charge >= 0.3 is 7.75 Å². The molecule has 0 spiro atoms. The standard InChI is InChI=1S/C20H22N7O9PS2/c1-3-36-23-12(15-22-20(39-25-15)24-37(32,33)34)16(28)21-13-17(29)27-14(19(30)31)10(9-38-18(13)27)8-26-6-4-11(35-2)5-7-26/h4-7,13,18H,3,8-9H2,1-2H3,(H4-,21,22,24,25,28,30,31,32,33,34)/t13?,18-/m0/s1. The van der Waals surface area contributed by atoms with E-state index < -0.39 is 42.7 Å². The van der Waals surface area contributed by atoms with Gasteiger partial charge in [-0.3, -0.25) is 19.6 Å². The summed E-state index contributed by atoms with van der Waals surface area (Å²) in [6.45, 7) is 1.88. The third-order valence-corrected chi connectivity index (χ3v) is 8.00. The number of aliphatic carboxylic acids is 1. The van der Waals surface area contributed by atoms with E-state index in [1.165, 1.54) is 18.9 Å². The molecule has 0 radical (unpaired) electrons. The highest BCUT2D eigenvalue weighted by molar-refractivity contribution is 8.00. The summed E-state index contributed by atoms with van der Waals surface area (Å²) in [5.41, 5.74) is -0.235. The van der Waals surface area contributed by atoms with Crippen LogP contribution in [0.5, 0.6) is 5.75 Å². The molecule has 1 saturated heterocycles. The number of β-lactam (4-membered cyclic amide) rings is 1. The Labute approximate surface area is 229 Å². The summed E-state index contributed by atoms with van der Waals surface area (Å²) in [7, 11) is -3.14. The lowest BCUT2D eigenvalue weighted by molar-refractivity contribution is -0.689. The number of nitrogens with one attached hydrogen (secondary N) is 2. The molecule has 2 aromatic heterocycles. The number of amides is 2. The quantitative estimate of drug-likeness (QED) is 0.0736. The molecule has 4 heterocycles. The fraction of sp³-hybridized carbons (Fsp3) is 0.350. The maximum atomic E-state index is 13.0. The smallest absolute Gasteiger partial charge is 0.429 e. The van der Waals surface area contributed by atoms with Gasteiger partial charge in [0.15, 0.2) is 18.9 Å². The molecule has 208 valence electrons. The van der Waals surface area contributed by atoms with E-state index in [0.717, 1.165) is 4.90 Å². The molecule has 2 aliphatic rings. The molecule has 4 N–H and O–H groups in total. The highest BCUT2D eigenvalue weighted by atomic mass is 32.2. The number of carbonyl (C=O) groups excluding carboxylic acids is 3. The summed E-state index contributed by atoms with van der Waals surface area (Å²) in [6.07, 6.45) is 3.42. The number of hydrogen-bond acceptors (Lipinski definition) is 12. The molecule has 19 heteroatoms. The van der Waals surface area contributed by atoms with Crippen LogP contribution < -0.4 is 24.8 Å². The Morgan fingerprint density at radius 3 is 2.69 bits per heavy atom. The number of thioether (sulfide) groups is 1. The highest BCUT2D eigenvalue weighted by Gasteiger charge is 2.53. The largest absolute Gasteiger partial charge is 0.543 e. The van der Waals surface area contributed by atoms with Crippen molar-refractivity contribution in [1.29, 1.82) is 0 Å². The third-order valence-electron chi connectivity index (χ3n) is 5.38. The van der Waals surface area contributed by atoms with Gasteiger partial charge in [0.05, 0.1) is 18.8 Å². The number of hydrogen-bond donors (Lipinski definition) is 4. The SMILES string of the molecule is CCON=C(C(=O)NC1C(=O)N2C(C(=O)[O-])=C(C[n+]3ccc(OC)cc3)CS[C@@H]12)c1nsc(NP(=O)(O)O)n1. The van der Waals surface area contributed by atoms with Gasteiger partial charge in [0, 0.05) is 35.0 Å². The van der Waals surface area contributed by atoms with E-state index in [4.69, 9.17) is 19.4 Å². The highest BCUT2D eigenvalue weighted by Crippen LogP contribution is 2.40. The summed E-state index contributed by atoms with van der Waals surface area (Å²) in [5, 5.41) is 19.1. The predicted molar refractivity (Wildman–Crippen MR) is 134 cm³/mol. The van der Waals surface area contributed by atoms with Gasteiger partial charge in [-0.1, -0.05) is 5.16 Å². The molecular formula is C20H22N7O9PS2. The zero-order chi connectivity index (χ0) is 28.3. The Kier molecular flexibility index (Phi) is 8.51. The lowest BCUT2D eigenvalue weighted by Gasteiger charge is -2.50. The summed E-state index contributed by atoms with van der Waals surface area (Å²) < 4.78 is 21.9. The average Bonchev–Trinajstić information content (AvgIpc) is 3.33. The molecule has 0 saturated carbocycles. The summed E-state index contributed by atoms with van der Waals surface area (Å²) in [5.74, 6) is -2.49. The number of oxime groups is 1. The first-order valence-corrected chi connectivity index (χ1v) is 14.6. The van der Waals surface area contributed by atoms with E-state index in [-0.39, 0.29) is 35.6 Å². The van der Waals surface area contributed by atoms with Crippen molar-refractivity contribution in [2.45, 2.75) is 24.9 Å². The number of ether oxygens (including phenoxy) is 1. The van der Waals surface area contributed by atoms with E-state index >= 15 is 0 Å². The number of anilines is 1. The van der Waals surface area contributed by atoms with Crippen LogP contribution in [0.2, 0.25) is 0 Å². The van der Waals surface area contributed by atoms with Crippen LogP contribution in [0.15, 0.2) is 41.0 Å². The van der Waals surface area contributed by atoms with Crippen LogP contribution in [0, 0.1) is 0 Å². The van der Waals surface area contributed by atoms with Gasteiger partial charge in [0.1, 0.15) is 23.8 Å². The normalized spacial score (nSPS) is 19.2. The van der Waals surface area contributed by atoms with Crippen LogP contribution in [-0.4, -0.2) is 78.4 Å². The Hall–Kier alpha value is -3.57. The van der Waals surface area contributed by atoms with Crippen LogP contribution in [-0.2, 0) is 30.3 Å². The fourth-order valence-electron chi connectivity index (χ4n) is 3.71. The van der Waals surface area contributed by atoms with Gasteiger partial charge in [-0.25, -0.2) is 9.13 Å². The first-order valence-electron chi connectivity index (χ1n) is 11.1. The molecule has 39 heavy (non-hydrogen) atoms. The van der Waals surface area contributed by atoms with Crippen molar-refractivity contribution < 1.29 is 48.0 Å². The van der Waals surface area contributed by atoms with Crippen molar-refractivity contribution in [3.8, 4) is 5.75 Å². The molecule has 2 atom stereocenters. The molecule has 2 aliphatic heterocycles. The Morgan fingerprint density at radius 2 is 2.08 bits per heavy atom. The summed E-state index contributed by atoms with van der Waals surface area (Å²) in [4.78, 5) is 66.1. The lowest BCUT2D eigenvalue weighted by atomic mass is 10.0. The van der Waals surface area contributed by atoms with Crippen LogP contribution in [0.1, 0.15) is 12.7 Å². The molecular weight excluding hydrogens is 577 g/mol. The van der Waals surface area contributed by atoms with Crippen molar-refractivity contribution in [3.63, 3.8) is 0 Å². The number of carboxylic acids is 1. The van der Waals surface area contributed by atoms with Crippen molar-refractivity contribution in [2.24, 2.45) is 5.16 Å². The van der Waals surface area contributed by atoms with E-state index in [1.54, 1.807) is 36.0 Å². The topological polar surface area (TPSA) is 220 Å². The molecule has 2 amide bonds. The number of aromatic nitrogens is 3. The average molecular weight is 600 g/mol. The second-order valence-corrected chi connectivity index (χ2v) is 11.1. The molecule has 1 unspecified atom stereocenters. The molecule has 16 nitrogen and oxygen atoms in total. The minimum atomic E-state index is -4.67. The Morgan fingerprint density at radius 1 is 1.36 bits per heavy atom. The van der Waals surface area contributed by atoms with Gasteiger partial charge in [0.25, 0.3) is 11.8 Å².